The van der Waals surface area contributed by atoms with Gasteiger partial charge in [-0.3, -0.25) is 0 Å². The maximum atomic E-state index is 13.9. The molecule has 2 rings (SSSR count). The van der Waals surface area contributed by atoms with Crippen molar-refractivity contribution >= 4 is 11.7 Å². The summed E-state index contributed by atoms with van der Waals surface area (Å²) in [5.74, 6) is -0.487. The molecule has 0 amide bonds. The van der Waals surface area contributed by atoms with E-state index in [0.29, 0.717) is 18.7 Å². The number of para-hydroxylation sites is 1. The van der Waals surface area contributed by atoms with Crippen LogP contribution < -0.4 is 5.32 Å². The topological polar surface area (TPSA) is 38.3 Å². The molecule has 0 radical (unpaired) electrons. The summed E-state index contributed by atoms with van der Waals surface area (Å²) in [4.78, 5) is 12.4. The summed E-state index contributed by atoms with van der Waals surface area (Å²) in [6.45, 7) is 4.17. The van der Waals surface area contributed by atoms with Crippen LogP contribution in [0.15, 0.2) is 24.3 Å². The van der Waals surface area contributed by atoms with Crippen LogP contribution in [0.4, 0.5) is 10.1 Å². The molecule has 1 saturated carbocycles. The fourth-order valence-electron chi connectivity index (χ4n) is 2.95. The fourth-order valence-corrected chi connectivity index (χ4v) is 2.95. The zero-order valence-electron chi connectivity index (χ0n) is 12.1. The number of halogens is 1. The Morgan fingerprint density at radius 2 is 2.20 bits per heavy atom. The summed E-state index contributed by atoms with van der Waals surface area (Å²) in [6.07, 6.45) is 3.67. The molecule has 20 heavy (non-hydrogen) atoms. The third kappa shape index (κ3) is 2.79. The number of anilines is 1. The van der Waals surface area contributed by atoms with Crippen molar-refractivity contribution in [3.8, 4) is 0 Å². The number of carbonyl (C=O) groups excluding carboxylic acids is 1. The third-order valence-electron chi connectivity index (χ3n) is 4.17. The second-order valence-electron chi connectivity index (χ2n) is 5.44. The molecule has 0 heterocycles. The van der Waals surface area contributed by atoms with Crippen molar-refractivity contribution < 1.29 is 13.9 Å². The van der Waals surface area contributed by atoms with Gasteiger partial charge in [0.05, 0.1) is 12.3 Å². The van der Waals surface area contributed by atoms with Crippen LogP contribution in [0.25, 0.3) is 0 Å². The Kier molecular flexibility index (Phi) is 4.63. The van der Waals surface area contributed by atoms with Crippen molar-refractivity contribution in [2.24, 2.45) is 5.92 Å². The van der Waals surface area contributed by atoms with Gasteiger partial charge in [0.1, 0.15) is 11.4 Å². The highest BCUT2D eigenvalue weighted by atomic mass is 19.1. The molecule has 1 aromatic carbocycles. The highest BCUT2D eigenvalue weighted by molar-refractivity contribution is 5.85. The number of benzene rings is 1. The van der Waals surface area contributed by atoms with E-state index < -0.39 is 5.54 Å². The van der Waals surface area contributed by atoms with E-state index in [9.17, 15) is 9.18 Å². The largest absolute Gasteiger partial charge is 0.464 e. The monoisotopic (exact) mass is 279 g/mol. The summed E-state index contributed by atoms with van der Waals surface area (Å²) in [6, 6.07) is 6.46. The van der Waals surface area contributed by atoms with Crippen molar-refractivity contribution in [3.63, 3.8) is 0 Å². The minimum absolute atomic E-state index is 0.120. The predicted octanol–water partition coefficient (Wildman–Crippen LogP) is 3.75. The van der Waals surface area contributed by atoms with Crippen molar-refractivity contribution in [2.45, 2.75) is 45.1 Å². The van der Waals surface area contributed by atoms with Gasteiger partial charge in [0.25, 0.3) is 0 Å². The smallest absolute Gasteiger partial charge is 0.332 e. The van der Waals surface area contributed by atoms with Crippen LogP contribution in [0.2, 0.25) is 0 Å². The lowest BCUT2D eigenvalue weighted by atomic mass is 9.73. The summed E-state index contributed by atoms with van der Waals surface area (Å²) in [5, 5.41) is 3.15. The first-order chi connectivity index (χ1) is 9.60. The SMILES string of the molecule is CCOC(=O)C1(Nc2ccccc2F)CCCCC1C. The Morgan fingerprint density at radius 1 is 1.45 bits per heavy atom. The van der Waals surface area contributed by atoms with E-state index in [1.165, 1.54) is 6.07 Å². The lowest BCUT2D eigenvalue weighted by molar-refractivity contribution is -0.151. The van der Waals surface area contributed by atoms with Gasteiger partial charge in [-0.1, -0.05) is 31.9 Å². The van der Waals surface area contributed by atoms with E-state index in [1.54, 1.807) is 25.1 Å². The number of carbonyl (C=O) groups is 1. The Hall–Kier alpha value is -1.58. The van der Waals surface area contributed by atoms with Gasteiger partial charge in [-0.05, 0) is 37.8 Å². The Labute approximate surface area is 119 Å². The molecule has 2 atom stereocenters. The minimum Gasteiger partial charge on any atom is -0.464 e. The number of esters is 1. The maximum Gasteiger partial charge on any atom is 0.332 e. The van der Waals surface area contributed by atoms with Crippen molar-refractivity contribution in [2.75, 3.05) is 11.9 Å². The Balaban J connectivity index is 2.31. The molecule has 1 aliphatic carbocycles. The van der Waals surface area contributed by atoms with Crippen molar-refractivity contribution in [3.05, 3.63) is 30.1 Å². The summed E-state index contributed by atoms with van der Waals surface area (Å²) >= 11 is 0. The van der Waals surface area contributed by atoms with Gasteiger partial charge in [-0.15, -0.1) is 0 Å². The highest BCUT2D eigenvalue weighted by Gasteiger charge is 2.46. The second kappa shape index (κ2) is 6.25. The first kappa shape index (κ1) is 14.8. The minimum atomic E-state index is -0.809. The third-order valence-corrected chi connectivity index (χ3v) is 4.17. The maximum absolute atomic E-state index is 13.9. The number of ether oxygens (including phenoxy) is 1. The molecular weight excluding hydrogens is 257 g/mol. The van der Waals surface area contributed by atoms with Crippen LogP contribution in [0.3, 0.4) is 0 Å². The molecule has 0 aliphatic heterocycles. The average molecular weight is 279 g/mol. The Bertz CT molecular complexity index is 477. The van der Waals surface area contributed by atoms with Crippen LogP contribution in [-0.4, -0.2) is 18.1 Å². The van der Waals surface area contributed by atoms with Gasteiger partial charge in [0, 0.05) is 0 Å². The highest BCUT2D eigenvalue weighted by Crippen LogP contribution is 2.38. The number of rotatable bonds is 4. The molecule has 1 N–H and O–H groups in total. The average Bonchev–Trinajstić information content (AvgIpc) is 2.44. The van der Waals surface area contributed by atoms with E-state index in [0.717, 1.165) is 19.3 Å². The van der Waals surface area contributed by atoms with Crippen molar-refractivity contribution in [1.82, 2.24) is 0 Å². The molecule has 0 spiro atoms. The molecule has 1 aliphatic rings. The van der Waals surface area contributed by atoms with Crippen LogP contribution in [-0.2, 0) is 9.53 Å². The number of hydrogen-bond donors (Lipinski definition) is 1. The second-order valence-corrected chi connectivity index (χ2v) is 5.44. The zero-order valence-corrected chi connectivity index (χ0v) is 12.1. The zero-order chi connectivity index (χ0) is 14.6. The summed E-state index contributed by atoms with van der Waals surface area (Å²) in [5.41, 5.74) is -0.439. The van der Waals surface area contributed by atoms with E-state index in [4.69, 9.17) is 4.74 Å². The van der Waals surface area contributed by atoms with Crippen molar-refractivity contribution in [1.29, 1.82) is 0 Å². The molecule has 3 nitrogen and oxygen atoms in total. The van der Waals surface area contributed by atoms with Gasteiger partial charge in [0.2, 0.25) is 0 Å². The lowest BCUT2D eigenvalue weighted by Crippen LogP contribution is -2.54. The molecule has 1 fully saturated rings. The molecule has 2 unspecified atom stereocenters. The van der Waals surface area contributed by atoms with Gasteiger partial charge in [-0.2, -0.15) is 0 Å². The summed E-state index contributed by atoms with van der Waals surface area (Å²) < 4.78 is 19.1. The molecular formula is C16H22FNO2. The molecule has 0 saturated heterocycles. The normalized spacial score (nSPS) is 26.1. The number of hydrogen-bond acceptors (Lipinski definition) is 3. The van der Waals surface area contributed by atoms with Crippen LogP contribution >= 0.6 is 0 Å². The van der Waals surface area contributed by atoms with Gasteiger partial charge < -0.3 is 10.1 Å². The van der Waals surface area contributed by atoms with Crippen LogP contribution in [0, 0.1) is 11.7 Å². The first-order valence-corrected chi connectivity index (χ1v) is 7.30. The van der Waals surface area contributed by atoms with E-state index in [-0.39, 0.29) is 17.7 Å². The molecule has 110 valence electrons. The summed E-state index contributed by atoms with van der Waals surface area (Å²) in [7, 11) is 0. The molecule has 0 aromatic heterocycles. The van der Waals surface area contributed by atoms with E-state index in [2.05, 4.69) is 5.32 Å². The lowest BCUT2D eigenvalue weighted by Gasteiger charge is -2.41. The first-order valence-electron chi connectivity index (χ1n) is 7.30. The molecule has 4 heteroatoms. The quantitative estimate of drug-likeness (QED) is 0.853. The standard InChI is InChI=1S/C16H22FNO2/c1-3-20-15(19)16(11-7-6-8-12(16)2)18-14-10-5-4-9-13(14)17/h4-5,9-10,12,18H,3,6-8,11H2,1-2H3. The van der Waals surface area contributed by atoms with Gasteiger partial charge in [-0.25, -0.2) is 9.18 Å². The van der Waals surface area contributed by atoms with Gasteiger partial charge in [0.15, 0.2) is 0 Å². The van der Waals surface area contributed by atoms with Crippen LogP contribution in [0.5, 0.6) is 0 Å². The Morgan fingerprint density at radius 3 is 2.85 bits per heavy atom. The van der Waals surface area contributed by atoms with Crippen LogP contribution in [0.1, 0.15) is 39.5 Å². The van der Waals surface area contributed by atoms with E-state index in [1.807, 2.05) is 6.92 Å². The number of nitrogens with one attached hydrogen (secondary N) is 1. The van der Waals surface area contributed by atoms with Gasteiger partial charge >= 0.3 is 5.97 Å². The van der Waals surface area contributed by atoms with E-state index >= 15 is 0 Å². The molecule has 0 bridgehead atoms. The fraction of sp³-hybridized carbons (Fsp3) is 0.562. The molecule has 1 aromatic rings. The predicted molar refractivity (Wildman–Crippen MR) is 77.0 cm³/mol.